The number of aromatic nitrogens is 1. The van der Waals surface area contributed by atoms with E-state index >= 15 is 0 Å². The molecule has 0 N–H and O–H groups in total. The van der Waals surface area contributed by atoms with Gasteiger partial charge in [-0.25, -0.2) is 4.98 Å². The number of rotatable bonds is 11. The Labute approximate surface area is 255 Å². The highest BCUT2D eigenvalue weighted by atomic mass is 35.5. The van der Waals surface area contributed by atoms with E-state index in [1.54, 1.807) is 0 Å². The van der Waals surface area contributed by atoms with Crippen molar-refractivity contribution >= 4 is 74.6 Å². The molecule has 1 unspecified atom stereocenters. The standard InChI is InChI=1S/C33H33Cl2NO2S2/c1-21(37)38-33(2,3)28-10-5-4-9-27(28)26(17-18-39-20-23-11-12-23)24-8-6-7-22(19-24)13-14-25-15-16-29-31(36-25)30(34)32(35)40-29/h4-10,13-16,19,23,26H,11-12,17-18,20H2,1-3H3. The zero-order chi connectivity index (χ0) is 28.3. The second-order valence-electron chi connectivity index (χ2n) is 10.8. The first-order chi connectivity index (χ1) is 19.2. The molecule has 1 saturated carbocycles. The van der Waals surface area contributed by atoms with Gasteiger partial charge in [-0.2, -0.15) is 11.8 Å². The minimum atomic E-state index is -0.727. The molecule has 0 bridgehead atoms. The molecule has 7 heteroatoms. The van der Waals surface area contributed by atoms with E-state index in [0.717, 1.165) is 45.1 Å². The van der Waals surface area contributed by atoms with Crippen molar-refractivity contribution in [3.63, 3.8) is 0 Å². The third kappa shape index (κ3) is 7.12. The van der Waals surface area contributed by atoms with Crippen molar-refractivity contribution in [1.82, 2.24) is 4.98 Å². The molecular weight excluding hydrogens is 577 g/mol. The van der Waals surface area contributed by atoms with E-state index in [1.165, 1.54) is 48.0 Å². The van der Waals surface area contributed by atoms with Crippen LogP contribution < -0.4 is 0 Å². The molecule has 0 amide bonds. The van der Waals surface area contributed by atoms with Gasteiger partial charge in [0.05, 0.1) is 15.4 Å². The van der Waals surface area contributed by atoms with Crippen LogP contribution in [-0.2, 0) is 15.1 Å². The third-order valence-electron chi connectivity index (χ3n) is 7.20. The number of carbonyl (C=O) groups excluding carboxylic acids is 1. The Morgan fingerprint density at radius 3 is 2.70 bits per heavy atom. The lowest BCUT2D eigenvalue weighted by molar-refractivity contribution is -0.154. The molecule has 0 radical (unpaired) electrons. The Bertz CT molecular complexity index is 1540. The third-order valence-corrected chi connectivity index (χ3v) is 10.4. The Morgan fingerprint density at radius 1 is 1.12 bits per heavy atom. The van der Waals surface area contributed by atoms with Crippen molar-refractivity contribution in [2.45, 2.75) is 51.6 Å². The number of benzene rings is 2. The van der Waals surface area contributed by atoms with Crippen LogP contribution >= 0.6 is 46.3 Å². The van der Waals surface area contributed by atoms with Gasteiger partial charge in [0.25, 0.3) is 0 Å². The number of ether oxygens (including phenoxy) is 1. The number of hydrogen-bond donors (Lipinski definition) is 0. The van der Waals surface area contributed by atoms with E-state index in [9.17, 15) is 4.79 Å². The predicted molar refractivity (Wildman–Crippen MR) is 173 cm³/mol. The minimum Gasteiger partial charge on any atom is -0.455 e. The van der Waals surface area contributed by atoms with E-state index in [-0.39, 0.29) is 11.9 Å². The van der Waals surface area contributed by atoms with E-state index in [1.807, 2.05) is 38.1 Å². The van der Waals surface area contributed by atoms with E-state index in [0.29, 0.717) is 9.36 Å². The van der Waals surface area contributed by atoms with Crippen LogP contribution in [-0.4, -0.2) is 22.5 Å². The summed E-state index contributed by atoms with van der Waals surface area (Å²) in [6.07, 6.45) is 7.86. The van der Waals surface area contributed by atoms with Crippen molar-refractivity contribution in [2.75, 3.05) is 11.5 Å². The molecule has 5 rings (SSSR count). The monoisotopic (exact) mass is 609 g/mol. The van der Waals surface area contributed by atoms with E-state index < -0.39 is 5.60 Å². The summed E-state index contributed by atoms with van der Waals surface area (Å²) in [4.78, 5) is 16.6. The smallest absolute Gasteiger partial charge is 0.303 e. The van der Waals surface area contributed by atoms with E-state index in [4.69, 9.17) is 32.9 Å². The quantitative estimate of drug-likeness (QED) is 0.125. The van der Waals surface area contributed by atoms with Crippen LogP contribution in [0.15, 0.2) is 60.7 Å². The molecule has 40 heavy (non-hydrogen) atoms. The second-order valence-corrected chi connectivity index (χ2v) is 14.0. The minimum absolute atomic E-state index is 0.173. The first-order valence-electron chi connectivity index (χ1n) is 13.6. The highest BCUT2D eigenvalue weighted by Crippen LogP contribution is 2.40. The van der Waals surface area contributed by atoms with Gasteiger partial charge in [0.15, 0.2) is 0 Å². The number of hydrogen-bond acceptors (Lipinski definition) is 5. The number of halogens is 2. The van der Waals surface area contributed by atoms with Gasteiger partial charge in [-0.15, -0.1) is 11.3 Å². The SMILES string of the molecule is CC(=O)OC(C)(C)c1ccccc1C(CCSCC1CC1)c1cccc(C=Cc2ccc3sc(Cl)c(Cl)c3n2)c1. The van der Waals surface area contributed by atoms with Crippen molar-refractivity contribution in [1.29, 1.82) is 0 Å². The Balaban J connectivity index is 1.45. The Morgan fingerprint density at radius 2 is 1.93 bits per heavy atom. The zero-order valence-corrected chi connectivity index (χ0v) is 26.1. The lowest BCUT2D eigenvalue weighted by atomic mass is 9.81. The van der Waals surface area contributed by atoms with Gasteiger partial charge >= 0.3 is 5.97 Å². The molecule has 2 aromatic carbocycles. The number of carbonyl (C=O) groups is 1. The van der Waals surface area contributed by atoms with Gasteiger partial charge < -0.3 is 4.74 Å². The summed E-state index contributed by atoms with van der Waals surface area (Å²) in [6, 6.07) is 21.1. The van der Waals surface area contributed by atoms with Gasteiger partial charge in [-0.1, -0.05) is 77.8 Å². The average Bonchev–Trinajstić information content (AvgIpc) is 3.71. The van der Waals surface area contributed by atoms with Gasteiger partial charge in [0.2, 0.25) is 0 Å². The van der Waals surface area contributed by atoms with Crippen LogP contribution in [0.1, 0.15) is 73.9 Å². The van der Waals surface area contributed by atoms with Crippen LogP contribution in [0.4, 0.5) is 0 Å². The van der Waals surface area contributed by atoms with Crippen LogP contribution in [0.5, 0.6) is 0 Å². The summed E-state index contributed by atoms with van der Waals surface area (Å²) in [5, 5.41) is 0.511. The zero-order valence-electron chi connectivity index (χ0n) is 23.0. The van der Waals surface area contributed by atoms with Gasteiger partial charge in [0.1, 0.15) is 15.5 Å². The second kappa shape index (κ2) is 12.7. The molecule has 0 saturated heterocycles. The lowest BCUT2D eigenvalue weighted by Gasteiger charge is -2.30. The number of nitrogens with zero attached hydrogens (tertiary/aromatic N) is 1. The normalized spacial score (nSPS) is 14.6. The number of thiophene rings is 1. The fourth-order valence-electron chi connectivity index (χ4n) is 5.09. The number of fused-ring (bicyclic) bond motifs is 1. The highest BCUT2D eigenvalue weighted by Gasteiger charge is 2.30. The van der Waals surface area contributed by atoms with Gasteiger partial charge in [-0.3, -0.25) is 4.79 Å². The molecule has 208 valence electrons. The Hall–Kier alpha value is -2.31. The van der Waals surface area contributed by atoms with Crippen molar-refractivity contribution in [2.24, 2.45) is 5.92 Å². The summed E-state index contributed by atoms with van der Waals surface area (Å²) >= 11 is 16.1. The highest BCUT2D eigenvalue weighted by molar-refractivity contribution is 7.99. The molecule has 1 atom stereocenters. The van der Waals surface area contributed by atoms with Crippen LogP contribution in [0.25, 0.3) is 22.4 Å². The summed E-state index contributed by atoms with van der Waals surface area (Å²) in [5.41, 5.74) is 5.44. The summed E-state index contributed by atoms with van der Waals surface area (Å²) in [6.45, 7) is 5.42. The molecule has 3 nitrogen and oxygen atoms in total. The molecule has 1 aliphatic rings. The number of pyridine rings is 1. The van der Waals surface area contributed by atoms with Crippen LogP contribution in [0.2, 0.25) is 9.36 Å². The van der Waals surface area contributed by atoms with Crippen molar-refractivity contribution < 1.29 is 9.53 Å². The largest absolute Gasteiger partial charge is 0.455 e. The lowest BCUT2D eigenvalue weighted by Crippen LogP contribution is -2.26. The summed E-state index contributed by atoms with van der Waals surface area (Å²) in [7, 11) is 0. The fraction of sp³-hybridized carbons (Fsp3) is 0.333. The maximum Gasteiger partial charge on any atom is 0.303 e. The maximum atomic E-state index is 11.9. The van der Waals surface area contributed by atoms with Crippen LogP contribution in [0.3, 0.4) is 0 Å². The van der Waals surface area contributed by atoms with Crippen LogP contribution in [0, 0.1) is 5.92 Å². The van der Waals surface area contributed by atoms with Gasteiger partial charge in [0, 0.05) is 12.8 Å². The molecular formula is C33H33Cl2NO2S2. The van der Waals surface area contributed by atoms with Crippen molar-refractivity contribution in [3.05, 3.63) is 98.0 Å². The molecule has 1 aliphatic carbocycles. The summed E-state index contributed by atoms with van der Waals surface area (Å²) in [5.74, 6) is 3.12. The van der Waals surface area contributed by atoms with Gasteiger partial charge in [-0.05, 0) is 91.0 Å². The average molecular weight is 611 g/mol. The van der Waals surface area contributed by atoms with Crippen molar-refractivity contribution in [3.8, 4) is 0 Å². The first-order valence-corrected chi connectivity index (χ1v) is 16.3. The predicted octanol–water partition coefficient (Wildman–Crippen LogP) is 10.2. The Kier molecular flexibility index (Phi) is 9.26. The molecule has 0 spiro atoms. The fourth-order valence-corrected chi connectivity index (χ4v) is 7.74. The molecule has 0 aliphatic heterocycles. The molecule has 1 fully saturated rings. The molecule has 4 aromatic rings. The maximum absolute atomic E-state index is 11.9. The number of thioether (sulfide) groups is 1. The topological polar surface area (TPSA) is 39.2 Å². The first kappa shape index (κ1) is 29.2. The molecule has 2 aromatic heterocycles. The number of esters is 1. The summed E-state index contributed by atoms with van der Waals surface area (Å²) < 4.78 is 7.33. The van der Waals surface area contributed by atoms with E-state index in [2.05, 4.69) is 60.3 Å². The molecule has 2 heterocycles.